The lowest BCUT2D eigenvalue weighted by molar-refractivity contribution is -0.137. The van der Waals surface area contributed by atoms with Crippen LogP contribution in [0.15, 0.2) is 36.5 Å². The number of sulfonamides is 1. The van der Waals surface area contributed by atoms with Crippen molar-refractivity contribution in [1.29, 1.82) is 0 Å². The molecule has 2 aromatic heterocycles. The Hall–Kier alpha value is -2.90. The van der Waals surface area contributed by atoms with E-state index >= 15 is 0 Å². The lowest BCUT2D eigenvalue weighted by Crippen LogP contribution is -2.45. The minimum atomic E-state index is -4.57. The van der Waals surface area contributed by atoms with Crippen molar-refractivity contribution in [3.05, 3.63) is 47.2 Å². The van der Waals surface area contributed by atoms with Crippen LogP contribution in [-0.4, -0.2) is 73.8 Å². The van der Waals surface area contributed by atoms with Crippen LogP contribution in [0.25, 0.3) is 10.9 Å². The third kappa shape index (κ3) is 6.41. The van der Waals surface area contributed by atoms with Crippen molar-refractivity contribution in [2.45, 2.75) is 6.18 Å². The van der Waals surface area contributed by atoms with Crippen LogP contribution in [0.1, 0.15) is 5.56 Å². The first-order valence-electron chi connectivity index (χ1n) is 10.7. The Balaban J connectivity index is 1.49. The molecule has 1 saturated heterocycles. The third-order valence-electron chi connectivity index (χ3n) is 5.45. The maximum Gasteiger partial charge on any atom is 0.416 e. The molecule has 1 aromatic carbocycles. The number of piperazine rings is 1. The molecule has 0 aliphatic carbocycles. The standard InChI is InChI=1S/C21H23ClF3N7O2S/c1-31-6-8-32(9-7-31)20-28-17-13-27-18(22)12-16(17)19(29-20)26-5-10-35(33,34)30-15-4-2-3-14(11-15)21(23,24)25/h2-4,11-13,30H,5-10H2,1H3,(H,26,28,29). The van der Waals surface area contributed by atoms with E-state index in [1.165, 1.54) is 12.3 Å². The number of nitrogens with one attached hydrogen (secondary N) is 2. The van der Waals surface area contributed by atoms with E-state index in [1.807, 2.05) is 11.9 Å². The molecule has 0 unspecified atom stereocenters. The molecule has 0 atom stereocenters. The first-order valence-corrected chi connectivity index (χ1v) is 12.7. The SMILES string of the molecule is CN1CCN(c2nc(NCCS(=O)(=O)Nc3cccc(C(F)(F)F)c3)c3cc(Cl)ncc3n2)CC1. The zero-order valence-corrected chi connectivity index (χ0v) is 20.3. The van der Waals surface area contributed by atoms with Crippen LogP contribution in [-0.2, 0) is 16.2 Å². The van der Waals surface area contributed by atoms with Crippen molar-refractivity contribution in [1.82, 2.24) is 19.9 Å². The Morgan fingerprint density at radius 2 is 1.86 bits per heavy atom. The molecule has 9 nitrogen and oxygen atoms in total. The van der Waals surface area contributed by atoms with Gasteiger partial charge in [0.25, 0.3) is 0 Å². The second-order valence-corrected chi connectivity index (χ2v) is 10.3. The van der Waals surface area contributed by atoms with E-state index in [0.29, 0.717) is 22.7 Å². The number of hydrogen-bond acceptors (Lipinski definition) is 8. The molecular weight excluding hydrogens is 507 g/mol. The lowest BCUT2D eigenvalue weighted by atomic mass is 10.2. The fourth-order valence-electron chi connectivity index (χ4n) is 3.57. The van der Waals surface area contributed by atoms with Crippen molar-refractivity contribution in [3.63, 3.8) is 0 Å². The van der Waals surface area contributed by atoms with Gasteiger partial charge in [-0.1, -0.05) is 17.7 Å². The first-order chi connectivity index (χ1) is 16.5. The predicted octanol–water partition coefficient (Wildman–Crippen LogP) is 3.30. The van der Waals surface area contributed by atoms with Crippen LogP contribution in [0.5, 0.6) is 0 Å². The number of fused-ring (bicyclic) bond motifs is 1. The molecule has 3 aromatic rings. The van der Waals surface area contributed by atoms with Gasteiger partial charge in [-0.3, -0.25) is 4.72 Å². The molecule has 2 N–H and O–H groups in total. The van der Waals surface area contributed by atoms with E-state index in [2.05, 4.69) is 29.9 Å². The number of nitrogens with zero attached hydrogens (tertiary/aromatic N) is 5. The van der Waals surface area contributed by atoms with E-state index in [-0.39, 0.29) is 17.4 Å². The largest absolute Gasteiger partial charge is 0.416 e. The monoisotopic (exact) mass is 529 g/mol. The van der Waals surface area contributed by atoms with Crippen LogP contribution in [0.2, 0.25) is 5.15 Å². The maximum atomic E-state index is 12.9. The molecule has 14 heteroatoms. The molecule has 4 rings (SSSR count). The molecule has 0 bridgehead atoms. The number of alkyl halides is 3. The molecular formula is C21H23ClF3N7O2S. The number of rotatable bonds is 7. The van der Waals surface area contributed by atoms with Gasteiger partial charge in [0.05, 0.1) is 23.0 Å². The summed E-state index contributed by atoms with van der Waals surface area (Å²) in [6.45, 7) is 3.11. The zero-order valence-electron chi connectivity index (χ0n) is 18.7. The molecule has 3 heterocycles. The van der Waals surface area contributed by atoms with Gasteiger partial charge in [-0.05, 0) is 31.3 Å². The molecule has 35 heavy (non-hydrogen) atoms. The van der Waals surface area contributed by atoms with Crippen LogP contribution in [0, 0.1) is 0 Å². The highest BCUT2D eigenvalue weighted by Crippen LogP contribution is 2.31. The minimum Gasteiger partial charge on any atom is -0.368 e. The van der Waals surface area contributed by atoms with Crippen molar-refractivity contribution >= 4 is 50.0 Å². The van der Waals surface area contributed by atoms with E-state index < -0.39 is 27.5 Å². The van der Waals surface area contributed by atoms with Gasteiger partial charge in [0.1, 0.15) is 11.0 Å². The summed E-state index contributed by atoms with van der Waals surface area (Å²) in [7, 11) is -1.91. The van der Waals surface area contributed by atoms with Gasteiger partial charge >= 0.3 is 6.18 Å². The van der Waals surface area contributed by atoms with E-state index in [9.17, 15) is 21.6 Å². The van der Waals surface area contributed by atoms with E-state index in [0.717, 1.165) is 44.4 Å². The Morgan fingerprint density at radius 1 is 1.11 bits per heavy atom. The Labute approximate surface area is 205 Å². The third-order valence-corrected chi connectivity index (χ3v) is 6.94. The molecule has 0 amide bonds. The lowest BCUT2D eigenvalue weighted by Gasteiger charge is -2.32. The predicted molar refractivity (Wildman–Crippen MR) is 129 cm³/mol. The number of benzene rings is 1. The van der Waals surface area contributed by atoms with Crippen molar-refractivity contribution in [3.8, 4) is 0 Å². The number of hydrogen-bond donors (Lipinski definition) is 2. The number of pyridine rings is 1. The first kappa shape index (κ1) is 25.2. The fourth-order valence-corrected chi connectivity index (χ4v) is 4.69. The second kappa shape index (κ2) is 9.99. The summed E-state index contributed by atoms with van der Waals surface area (Å²) < 4.78 is 65.9. The molecule has 188 valence electrons. The van der Waals surface area contributed by atoms with Crippen LogP contribution in [0.4, 0.5) is 30.6 Å². The van der Waals surface area contributed by atoms with Crippen molar-refractivity contribution in [2.75, 3.05) is 60.5 Å². The summed E-state index contributed by atoms with van der Waals surface area (Å²) >= 11 is 6.04. The van der Waals surface area contributed by atoms with Crippen LogP contribution >= 0.6 is 11.6 Å². The van der Waals surface area contributed by atoms with E-state index in [1.54, 1.807) is 6.07 Å². The van der Waals surface area contributed by atoms with Gasteiger partial charge < -0.3 is 15.1 Å². The second-order valence-electron chi connectivity index (χ2n) is 8.11. The number of aromatic nitrogens is 3. The Kier molecular flexibility index (Phi) is 7.20. The Bertz CT molecular complexity index is 1320. The highest BCUT2D eigenvalue weighted by Gasteiger charge is 2.30. The van der Waals surface area contributed by atoms with Gasteiger partial charge in [-0.2, -0.15) is 18.2 Å². The normalized spacial score (nSPS) is 15.4. The van der Waals surface area contributed by atoms with Gasteiger partial charge in [0.2, 0.25) is 16.0 Å². The Morgan fingerprint density at radius 3 is 2.57 bits per heavy atom. The molecule has 1 aliphatic rings. The quantitative estimate of drug-likeness (QED) is 0.449. The fraction of sp³-hybridized carbons (Fsp3) is 0.381. The number of likely N-dealkylation sites (N-methyl/N-ethyl adjacent to an activating group) is 1. The van der Waals surface area contributed by atoms with Gasteiger partial charge in [-0.15, -0.1) is 0 Å². The minimum absolute atomic E-state index is 0.0530. The highest BCUT2D eigenvalue weighted by molar-refractivity contribution is 7.92. The number of anilines is 3. The van der Waals surface area contributed by atoms with Gasteiger partial charge in [-0.25, -0.2) is 18.4 Å². The van der Waals surface area contributed by atoms with Crippen LogP contribution in [0.3, 0.4) is 0 Å². The summed E-state index contributed by atoms with van der Waals surface area (Å²) in [6, 6.07) is 5.61. The zero-order chi connectivity index (χ0) is 25.2. The van der Waals surface area contributed by atoms with Gasteiger partial charge in [0, 0.05) is 43.8 Å². The average molecular weight is 530 g/mol. The van der Waals surface area contributed by atoms with E-state index in [4.69, 9.17) is 11.6 Å². The highest BCUT2D eigenvalue weighted by atomic mass is 35.5. The molecule has 1 fully saturated rings. The summed E-state index contributed by atoms with van der Waals surface area (Å²) in [5.74, 6) is 0.474. The van der Waals surface area contributed by atoms with Crippen molar-refractivity contribution < 1.29 is 21.6 Å². The summed E-state index contributed by atoms with van der Waals surface area (Å²) in [4.78, 5) is 17.5. The molecule has 0 saturated carbocycles. The van der Waals surface area contributed by atoms with Gasteiger partial charge in [0.15, 0.2) is 0 Å². The smallest absolute Gasteiger partial charge is 0.368 e. The van der Waals surface area contributed by atoms with Crippen LogP contribution < -0.4 is 14.9 Å². The number of halogens is 4. The molecule has 0 spiro atoms. The molecule has 1 aliphatic heterocycles. The summed E-state index contributed by atoms with van der Waals surface area (Å²) in [6.07, 6.45) is -3.05. The average Bonchev–Trinajstić information content (AvgIpc) is 2.79. The summed E-state index contributed by atoms with van der Waals surface area (Å²) in [5.41, 5.74) is -0.557. The molecule has 0 radical (unpaired) electrons. The topological polar surface area (TPSA) is 103 Å². The maximum absolute atomic E-state index is 12.9. The van der Waals surface area contributed by atoms with Crippen molar-refractivity contribution in [2.24, 2.45) is 0 Å². The summed E-state index contributed by atoms with van der Waals surface area (Å²) in [5, 5.41) is 3.81.